The first kappa shape index (κ1) is 15.6. The minimum absolute atomic E-state index is 0.0418. The maximum absolute atomic E-state index is 12.0. The molecule has 19 heavy (non-hydrogen) atoms. The number of para-hydroxylation sites is 1. The van der Waals surface area contributed by atoms with Crippen molar-refractivity contribution in [2.45, 2.75) is 13.8 Å². The van der Waals surface area contributed by atoms with E-state index in [0.29, 0.717) is 13.1 Å². The van der Waals surface area contributed by atoms with Gasteiger partial charge in [-0.1, -0.05) is 30.0 Å². The van der Waals surface area contributed by atoms with Gasteiger partial charge in [0.1, 0.15) is 0 Å². The highest BCUT2D eigenvalue weighted by Crippen LogP contribution is 2.14. The van der Waals surface area contributed by atoms with Crippen LogP contribution < -0.4 is 4.90 Å². The van der Waals surface area contributed by atoms with Crippen LogP contribution >= 0.6 is 11.8 Å². The molecule has 1 aromatic rings. The van der Waals surface area contributed by atoms with Crippen LogP contribution in [0.15, 0.2) is 30.3 Å². The Hall–Kier alpha value is -1.49. The summed E-state index contributed by atoms with van der Waals surface area (Å²) < 4.78 is 0. The maximum Gasteiger partial charge on any atom is 0.282 e. The van der Waals surface area contributed by atoms with Crippen molar-refractivity contribution in [3.8, 4) is 0 Å². The van der Waals surface area contributed by atoms with Crippen LogP contribution in [0, 0.1) is 0 Å². The van der Waals surface area contributed by atoms with Crippen molar-refractivity contribution in [3.05, 3.63) is 30.3 Å². The van der Waals surface area contributed by atoms with Crippen LogP contribution in [-0.2, 0) is 4.79 Å². The third kappa shape index (κ3) is 4.59. The van der Waals surface area contributed by atoms with Crippen molar-refractivity contribution in [1.29, 1.82) is 0 Å². The first-order valence-corrected chi connectivity index (χ1v) is 7.32. The minimum atomic E-state index is -0.0725. The van der Waals surface area contributed by atoms with Gasteiger partial charge >= 0.3 is 0 Å². The quantitative estimate of drug-likeness (QED) is 0.832. The van der Waals surface area contributed by atoms with Crippen molar-refractivity contribution in [2.24, 2.45) is 0 Å². The van der Waals surface area contributed by atoms with Gasteiger partial charge in [-0.05, 0) is 26.0 Å². The van der Waals surface area contributed by atoms with Crippen molar-refractivity contribution < 1.29 is 9.59 Å². The Kier molecular flexibility index (Phi) is 6.42. The van der Waals surface area contributed by atoms with Gasteiger partial charge in [-0.25, -0.2) is 0 Å². The number of carbonyl (C=O) groups is 2. The second kappa shape index (κ2) is 7.84. The van der Waals surface area contributed by atoms with E-state index in [1.54, 1.807) is 16.8 Å². The standard InChI is InChI=1S/C14H20N2O2S/c1-4-16(5-2)14(18)19-11-13(17)15(3)12-9-7-6-8-10-12/h6-10H,4-5,11H2,1-3H3. The van der Waals surface area contributed by atoms with E-state index in [1.165, 1.54) is 0 Å². The smallest absolute Gasteiger partial charge is 0.282 e. The lowest BCUT2D eigenvalue weighted by molar-refractivity contribution is -0.115. The molecule has 1 aromatic carbocycles. The summed E-state index contributed by atoms with van der Waals surface area (Å²) in [6.45, 7) is 5.20. The van der Waals surface area contributed by atoms with E-state index in [1.807, 2.05) is 44.2 Å². The number of nitrogens with zero attached hydrogens (tertiary/aromatic N) is 2. The summed E-state index contributed by atoms with van der Waals surface area (Å²) in [6, 6.07) is 9.41. The summed E-state index contributed by atoms with van der Waals surface area (Å²) in [4.78, 5) is 27.0. The highest BCUT2D eigenvalue weighted by Gasteiger charge is 2.15. The van der Waals surface area contributed by atoms with E-state index < -0.39 is 0 Å². The lowest BCUT2D eigenvalue weighted by atomic mass is 10.3. The van der Waals surface area contributed by atoms with E-state index in [2.05, 4.69) is 0 Å². The molecule has 0 heterocycles. The Labute approximate surface area is 118 Å². The molecule has 0 unspecified atom stereocenters. The zero-order chi connectivity index (χ0) is 14.3. The molecule has 2 amide bonds. The second-order valence-electron chi connectivity index (χ2n) is 4.02. The van der Waals surface area contributed by atoms with Gasteiger partial charge in [-0.3, -0.25) is 9.59 Å². The van der Waals surface area contributed by atoms with Gasteiger partial charge in [0.2, 0.25) is 5.91 Å². The number of hydrogen-bond acceptors (Lipinski definition) is 3. The van der Waals surface area contributed by atoms with E-state index in [0.717, 1.165) is 17.4 Å². The summed E-state index contributed by atoms with van der Waals surface area (Å²) in [5, 5.41) is -0.0418. The third-order valence-electron chi connectivity index (χ3n) is 2.86. The van der Waals surface area contributed by atoms with Crippen LogP contribution in [0.25, 0.3) is 0 Å². The number of carbonyl (C=O) groups excluding carboxylic acids is 2. The molecule has 0 atom stereocenters. The third-order valence-corrected chi connectivity index (χ3v) is 3.75. The fourth-order valence-corrected chi connectivity index (χ4v) is 2.47. The highest BCUT2D eigenvalue weighted by molar-refractivity contribution is 8.14. The monoisotopic (exact) mass is 280 g/mol. The number of anilines is 1. The molecule has 4 nitrogen and oxygen atoms in total. The topological polar surface area (TPSA) is 40.6 Å². The first-order valence-electron chi connectivity index (χ1n) is 6.33. The molecular weight excluding hydrogens is 260 g/mol. The summed E-state index contributed by atoms with van der Waals surface area (Å²) in [5.74, 6) is 0.0949. The molecule has 104 valence electrons. The maximum atomic E-state index is 12.0. The van der Waals surface area contributed by atoms with E-state index in [9.17, 15) is 9.59 Å². The first-order chi connectivity index (χ1) is 9.10. The molecular formula is C14H20N2O2S. The molecule has 0 bridgehead atoms. The Morgan fingerprint density at radius 2 is 1.68 bits per heavy atom. The van der Waals surface area contributed by atoms with E-state index >= 15 is 0 Å². The zero-order valence-electron chi connectivity index (χ0n) is 11.6. The predicted molar refractivity (Wildman–Crippen MR) is 80.6 cm³/mol. The predicted octanol–water partition coefficient (Wildman–Crippen LogP) is 2.84. The summed E-state index contributed by atoms with van der Waals surface area (Å²) in [6.07, 6.45) is 0. The molecule has 0 saturated heterocycles. The van der Waals surface area contributed by atoms with Gasteiger partial charge < -0.3 is 9.80 Å². The Morgan fingerprint density at radius 1 is 1.11 bits per heavy atom. The Balaban J connectivity index is 2.50. The Bertz CT molecular complexity index is 419. The van der Waals surface area contributed by atoms with Gasteiger partial charge in [0.25, 0.3) is 5.24 Å². The van der Waals surface area contributed by atoms with Crippen molar-refractivity contribution in [1.82, 2.24) is 4.90 Å². The van der Waals surface area contributed by atoms with Crippen LogP contribution in [-0.4, -0.2) is 41.9 Å². The fourth-order valence-electron chi connectivity index (χ4n) is 1.59. The molecule has 0 fully saturated rings. The fraction of sp³-hybridized carbons (Fsp3) is 0.429. The normalized spacial score (nSPS) is 10.1. The largest absolute Gasteiger partial charge is 0.334 e. The molecule has 0 aliphatic heterocycles. The number of benzene rings is 1. The lowest BCUT2D eigenvalue weighted by Crippen LogP contribution is -2.31. The van der Waals surface area contributed by atoms with Crippen LogP contribution in [0.4, 0.5) is 10.5 Å². The number of thioether (sulfide) groups is 1. The molecule has 1 rings (SSSR count). The average molecular weight is 280 g/mol. The van der Waals surface area contributed by atoms with E-state index in [4.69, 9.17) is 0 Å². The van der Waals surface area contributed by atoms with Crippen LogP contribution in [0.2, 0.25) is 0 Å². The molecule has 5 heteroatoms. The summed E-state index contributed by atoms with van der Waals surface area (Å²) >= 11 is 1.06. The average Bonchev–Trinajstić information content (AvgIpc) is 2.46. The highest BCUT2D eigenvalue weighted by atomic mass is 32.2. The van der Waals surface area contributed by atoms with Crippen molar-refractivity contribution >= 4 is 28.6 Å². The molecule has 0 saturated carbocycles. The number of hydrogen-bond donors (Lipinski definition) is 0. The van der Waals surface area contributed by atoms with Crippen LogP contribution in [0.1, 0.15) is 13.8 Å². The zero-order valence-corrected chi connectivity index (χ0v) is 12.4. The van der Waals surface area contributed by atoms with Crippen molar-refractivity contribution in [3.63, 3.8) is 0 Å². The van der Waals surface area contributed by atoms with Gasteiger partial charge in [0.15, 0.2) is 0 Å². The molecule has 0 spiro atoms. The minimum Gasteiger partial charge on any atom is -0.334 e. The Morgan fingerprint density at radius 3 is 2.21 bits per heavy atom. The molecule has 0 aliphatic rings. The van der Waals surface area contributed by atoms with Gasteiger partial charge in [0, 0.05) is 25.8 Å². The molecule has 0 N–H and O–H groups in total. The molecule has 0 radical (unpaired) electrons. The summed E-state index contributed by atoms with van der Waals surface area (Å²) in [7, 11) is 1.72. The molecule has 0 aliphatic carbocycles. The summed E-state index contributed by atoms with van der Waals surface area (Å²) in [5.41, 5.74) is 0.836. The SMILES string of the molecule is CCN(CC)C(=O)SCC(=O)N(C)c1ccccc1. The molecule has 0 aromatic heterocycles. The van der Waals surface area contributed by atoms with Gasteiger partial charge in [-0.15, -0.1) is 0 Å². The van der Waals surface area contributed by atoms with E-state index in [-0.39, 0.29) is 16.9 Å². The van der Waals surface area contributed by atoms with Crippen LogP contribution in [0.3, 0.4) is 0 Å². The van der Waals surface area contributed by atoms with Crippen molar-refractivity contribution in [2.75, 3.05) is 30.8 Å². The van der Waals surface area contributed by atoms with Gasteiger partial charge in [-0.2, -0.15) is 0 Å². The lowest BCUT2D eigenvalue weighted by Gasteiger charge is -2.19. The van der Waals surface area contributed by atoms with Crippen LogP contribution in [0.5, 0.6) is 0 Å². The number of rotatable bonds is 5. The van der Waals surface area contributed by atoms with Gasteiger partial charge in [0.05, 0.1) is 5.75 Å². The number of amides is 2. The second-order valence-corrected chi connectivity index (χ2v) is 4.94.